The van der Waals surface area contributed by atoms with E-state index in [4.69, 9.17) is 16.3 Å². The lowest BCUT2D eigenvalue weighted by Crippen LogP contribution is -2.23. The summed E-state index contributed by atoms with van der Waals surface area (Å²) in [5, 5.41) is 9.71. The molecule has 5 nitrogen and oxygen atoms in total. The van der Waals surface area contributed by atoms with E-state index in [0.29, 0.717) is 23.6 Å². The van der Waals surface area contributed by atoms with E-state index in [1.165, 1.54) is 12.1 Å². The maximum Gasteiger partial charge on any atom is 0.269 e. The number of hydrogen-bond acceptors (Lipinski definition) is 3. The van der Waals surface area contributed by atoms with Gasteiger partial charge in [-0.15, -0.1) is 0 Å². The summed E-state index contributed by atoms with van der Waals surface area (Å²) in [4.78, 5) is 12.3. The average molecular weight is 402 g/mol. The summed E-state index contributed by atoms with van der Waals surface area (Å²) in [5.41, 5.74) is 2.59. The summed E-state index contributed by atoms with van der Waals surface area (Å²) in [6.45, 7) is 3.05. The van der Waals surface area contributed by atoms with Crippen molar-refractivity contribution in [3.05, 3.63) is 70.6 Å². The SMILES string of the molecule is CCCCOc1ccc(-c2cc(C(=O)NCc3ccc(F)c(Cl)c3)[nH]n2)cc1. The zero-order valence-electron chi connectivity index (χ0n) is 15.5. The molecule has 0 radical (unpaired) electrons. The molecule has 3 aromatic rings. The van der Waals surface area contributed by atoms with E-state index in [1.807, 2.05) is 24.3 Å². The van der Waals surface area contributed by atoms with Crippen molar-refractivity contribution in [2.45, 2.75) is 26.3 Å². The Morgan fingerprint density at radius 3 is 2.71 bits per heavy atom. The number of ether oxygens (including phenoxy) is 1. The zero-order valence-corrected chi connectivity index (χ0v) is 16.2. The van der Waals surface area contributed by atoms with Crippen LogP contribution < -0.4 is 10.1 Å². The quantitative estimate of drug-likeness (QED) is 0.523. The first-order valence-corrected chi connectivity index (χ1v) is 9.45. The molecule has 0 fully saturated rings. The van der Waals surface area contributed by atoms with Crippen LogP contribution in [0.15, 0.2) is 48.5 Å². The van der Waals surface area contributed by atoms with Gasteiger partial charge in [0.25, 0.3) is 5.91 Å². The molecule has 0 aliphatic rings. The van der Waals surface area contributed by atoms with Gasteiger partial charge in [0.1, 0.15) is 17.3 Å². The number of nitrogens with zero attached hydrogens (tertiary/aromatic N) is 1. The highest BCUT2D eigenvalue weighted by Gasteiger charge is 2.11. The molecular formula is C21H21ClFN3O2. The highest BCUT2D eigenvalue weighted by atomic mass is 35.5. The van der Waals surface area contributed by atoms with Gasteiger partial charge in [0.05, 0.1) is 17.3 Å². The number of aromatic nitrogens is 2. The fraction of sp³-hybridized carbons (Fsp3) is 0.238. The Balaban J connectivity index is 1.59. The molecule has 0 saturated carbocycles. The van der Waals surface area contributed by atoms with Crippen LogP contribution in [-0.4, -0.2) is 22.7 Å². The molecule has 1 aromatic heterocycles. The molecule has 0 aliphatic carbocycles. The molecule has 0 bridgehead atoms. The van der Waals surface area contributed by atoms with Crippen LogP contribution in [0.5, 0.6) is 5.75 Å². The molecule has 7 heteroatoms. The number of unbranched alkanes of at least 4 members (excludes halogenated alkanes) is 1. The summed E-state index contributed by atoms with van der Waals surface area (Å²) in [7, 11) is 0. The van der Waals surface area contributed by atoms with Crippen molar-refractivity contribution in [1.82, 2.24) is 15.5 Å². The second-order valence-corrected chi connectivity index (χ2v) is 6.73. The number of rotatable bonds is 8. The number of hydrogen-bond donors (Lipinski definition) is 2. The Hall–Kier alpha value is -2.86. The first-order valence-electron chi connectivity index (χ1n) is 9.07. The Bertz CT molecular complexity index is 941. The fourth-order valence-corrected chi connectivity index (χ4v) is 2.77. The van der Waals surface area contributed by atoms with Crippen LogP contribution in [0.25, 0.3) is 11.3 Å². The molecule has 2 aromatic carbocycles. The predicted molar refractivity (Wildman–Crippen MR) is 107 cm³/mol. The molecule has 0 unspecified atom stereocenters. The minimum Gasteiger partial charge on any atom is -0.494 e. The highest BCUT2D eigenvalue weighted by Crippen LogP contribution is 2.22. The summed E-state index contributed by atoms with van der Waals surface area (Å²) in [6, 6.07) is 13.6. The molecule has 28 heavy (non-hydrogen) atoms. The molecule has 1 amide bonds. The number of benzene rings is 2. The molecule has 0 spiro atoms. The lowest BCUT2D eigenvalue weighted by molar-refractivity contribution is 0.0946. The lowest BCUT2D eigenvalue weighted by atomic mass is 10.1. The van der Waals surface area contributed by atoms with E-state index in [1.54, 1.807) is 12.1 Å². The Morgan fingerprint density at radius 2 is 2.00 bits per heavy atom. The second-order valence-electron chi connectivity index (χ2n) is 6.32. The third kappa shape index (κ3) is 5.10. The van der Waals surface area contributed by atoms with Crippen molar-refractivity contribution < 1.29 is 13.9 Å². The van der Waals surface area contributed by atoms with E-state index in [2.05, 4.69) is 22.4 Å². The van der Waals surface area contributed by atoms with Gasteiger partial charge in [0, 0.05) is 12.1 Å². The van der Waals surface area contributed by atoms with Gasteiger partial charge in [-0.3, -0.25) is 9.89 Å². The van der Waals surface area contributed by atoms with Crippen LogP contribution in [-0.2, 0) is 6.54 Å². The molecule has 1 heterocycles. The number of nitrogens with one attached hydrogen (secondary N) is 2. The number of halogens is 2. The predicted octanol–water partition coefficient (Wildman–Crippen LogP) is 4.98. The van der Waals surface area contributed by atoms with E-state index in [9.17, 15) is 9.18 Å². The standard InChI is InChI=1S/C21H21ClFN3O2/c1-2-3-10-28-16-7-5-15(6-8-16)19-12-20(26-25-19)21(27)24-13-14-4-9-18(23)17(22)11-14/h4-9,11-12H,2-3,10,13H2,1H3,(H,24,27)(H,25,26). The smallest absolute Gasteiger partial charge is 0.269 e. The fourth-order valence-electron chi connectivity index (χ4n) is 2.57. The topological polar surface area (TPSA) is 67.0 Å². The summed E-state index contributed by atoms with van der Waals surface area (Å²) in [5.74, 6) is 0.0131. The van der Waals surface area contributed by atoms with Crippen molar-refractivity contribution >= 4 is 17.5 Å². The van der Waals surface area contributed by atoms with Crippen LogP contribution >= 0.6 is 11.6 Å². The van der Waals surface area contributed by atoms with Crippen LogP contribution in [0.4, 0.5) is 4.39 Å². The second kappa shape index (κ2) is 9.37. The van der Waals surface area contributed by atoms with Gasteiger partial charge < -0.3 is 10.1 Å². The molecule has 0 atom stereocenters. The summed E-state index contributed by atoms with van der Waals surface area (Å²) >= 11 is 5.75. The van der Waals surface area contributed by atoms with E-state index in [0.717, 1.165) is 24.2 Å². The number of carbonyl (C=O) groups is 1. The third-order valence-electron chi connectivity index (χ3n) is 4.18. The van der Waals surface area contributed by atoms with Gasteiger partial charge in [-0.1, -0.05) is 31.0 Å². The largest absolute Gasteiger partial charge is 0.494 e. The number of carbonyl (C=O) groups excluding carboxylic acids is 1. The minimum atomic E-state index is -0.489. The third-order valence-corrected chi connectivity index (χ3v) is 4.47. The van der Waals surface area contributed by atoms with Crippen LogP contribution in [0.3, 0.4) is 0 Å². The molecular weight excluding hydrogens is 381 g/mol. The normalized spacial score (nSPS) is 10.7. The zero-order chi connectivity index (χ0) is 19.9. The molecule has 2 N–H and O–H groups in total. The van der Waals surface area contributed by atoms with Gasteiger partial charge in [0.2, 0.25) is 0 Å². The molecule has 146 valence electrons. The molecule has 0 aliphatic heterocycles. The van der Waals surface area contributed by atoms with Crippen molar-refractivity contribution in [2.75, 3.05) is 6.61 Å². The summed E-state index contributed by atoms with van der Waals surface area (Å²) < 4.78 is 18.8. The molecule has 0 saturated heterocycles. The van der Waals surface area contributed by atoms with Crippen LogP contribution in [0.2, 0.25) is 5.02 Å². The lowest BCUT2D eigenvalue weighted by Gasteiger charge is -2.05. The Morgan fingerprint density at radius 1 is 1.21 bits per heavy atom. The van der Waals surface area contributed by atoms with Crippen LogP contribution in [0, 0.1) is 5.82 Å². The van der Waals surface area contributed by atoms with Crippen molar-refractivity contribution in [1.29, 1.82) is 0 Å². The van der Waals surface area contributed by atoms with Gasteiger partial charge >= 0.3 is 0 Å². The summed E-state index contributed by atoms with van der Waals surface area (Å²) in [6.07, 6.45) is 2.11. The molecule has 3 rings (SSSR count). The van der Waals surface area contributed by atoms with Gasteiger partial charge in [0.15, 0.2) is 0 Å². The maximum absolute atomic E-state index is 13.2. The van der Waals surface area contributed by atoms with Crippen LogP contribution in [0.1, 0.15) is 35.8 Å². The van der Waals surface area contributed by atoms with Gasteiger partial charge in [-0.2, -0.15) is 5.10 Å². The number of aromatic amines is 1. The monoisotopic (exact) mass is 401 g/mol. The Labute approximate surface area is 167 Å². The van der Waals surface area contributed by atoms with Gasteiger partial charge in [-0.25, -0.2) is 4.39 Å². The first kappa shape index (κ1) is 19.9. The van der Waals surface area contributed by atoms with E-state index >= 15 is 0 Å². The minimum absolute atomic E-state index is 0.0256. The highest BCUT2D eigenvalue weighted by molar-refractivity contribution is 6.30. The number of amides is 1. The maximum atomic E-state index is 13.2. The Kier molecular flexibility index (Phi) is 6.66. The van der Waals surface area contributed by atoms with Gasteiger partial charge in [-0.05, 0) is 54.4 Å². The average Bonchev–Trinajstić information content (AvgIpc) is 3.20. The first-order chi connectivity index (χ1) is 13.6. The van der Waals surface area contributed by atoms with Crippen molar-refractivity contribution in [2.24, 2.45) is 0 Å². The van der Waals surface area contributed by atoms with E-state index < -0.39 is 5.82 Å². The van der Waals surface area contributed by atoms with Crippen molar-refractivity contribution in [3.63, 3.8) is 0 Å². The van der Waals surface area contributed by atoms with E-state index in [-0.39, 0.29) is 17.5 Å². The van der Waals surface area contributed by atoms with Crippen molar-refractivity contribution in [3.8, 4) is 17.0 Å². The number of H-pyrrole nitrogens is 1.